The summed E-state index contributed by atoms with van der Waals surface area (Å²) in [4.78, 5) is 7.79. The van der Waals surface area contributed by atoms with E-state index in [-0.39, 0.29) is 5.95 Å². The summed E-state index contributed by atoms with van der Waals surface area (Å²) in [7, 11) is 1.84. The van der Waals surface area contributed by atoms with Crippen molar-refractivity contribution >= 4 is 29.1 Å². The molecule has 0 spiro atoms. The minimum atomic E-state index is 0.174. The van der Waals surface area contributed by atoms with Gasteiger partial charge < -0.3 is 11.1 Å². The summed E-state index contributed by atoms with van der Waals surface area (Å²) in [6, 6.07) is 0. The lowest BCUT2D eigenvalue weighted by Gasteiger charge is -2.05. The normalized spacial score (nSPS) is 10.4. The highest BCUT2D eigenvalue weighted by Gasteiger charge is 2.08. The van der Waals surface area contributed by atoms with E-state index in [0.717, 1.165) is 11.4 Å². The van der Waals surface area contributed by atoms with Gasteiger partial charge in [-0.3, -0.25) is 4.68 Å². The van der Waals surface area contributed by atoms with Crippen molar-refractivity contribution in [1.82, 2.24) is 19.7 Å². The highest BCUT2D eigenvalue weighted by Crippen LogP contribution is 2.24. The largest absolute Gasteiger partial charge is 0.368 e. The number of anilines is 3. The van der Waals surface area contributed by atoms with Crippen LogP contribution in [-0.4, -0.2) is 19.7 Å². The van der Waals surface area contributed by atoms with E-state index in [1.54, 1.807) is 4.68 Å². The van der Waals surface area contributed by atoms with Gasteiger partial charge in [0.15, 0.2) is 5.82 Å². The topological polar surface area (TPSA) is 81.7 Å². The Morgan fingerprint density at radius 2 is 2.25 bits per heavy atom. The van der Waals surface area contributed by atoms with Crippen LogP contribution in [0, 0.1) is 6.92 Å². The molecule has 2 aromatic rings. The van der Waals surface area contributed by atoms with Crippen LogP contribution in [0.3, 0.4) is 0 Å². The van der Waals surface area contributed by atoms with Gasteiger partial charge in [-0.15, -0.1) is 0 Å². The van der Waals surface area contributed by atoms with Gasteiger partial charge in [0.1, 0.15) is 5.02 Å². The van der Waals surface area contributed by atoms with Crippen LogP contribution in [0.15, 0.2) is 12.4 Å². The lowest BCUT2D eigenvalue weighted by molar-refractivity contribution is 0.756. The van der Waals surface area contributed by atoms with E-state index in [0.29, 0.717) is 10.8 Å². The molecule has 0 amide bonds. The number of hydrogen-bond donors (Lipinski definition) is 2. The van der Waals surface area contributed by atoms with Gasteiger partial charge in [0.25, 0.3) is 0 Å². The molecule has 2 rings (SSSR count). The maximum absolute atomic E-state index is 5.93. The van der Waals surface area contributed by atoms with Crippen LogP contribution < -0.4 is 11.1 Å². The zero-order chi connectivity index (χ0) is 11.7. The van der Waals surface area contributed by atoms with Gasteiger partial charge in [-0.2, -0.15) is 10.1 Å². The zero-order valence-electron chi connectivity index (χ0n) is 8.90. The second-order valence-corrected chi connectivity index (χ2v) is 3.76. The summed E-state index contributed by atoms with van der Waals surface area (Å²) in [5, 5.41) is 7.67. The van der Waals surface area contributed by atoms with Crippen molar-refractivity contribution in [3.63, 3.8) is 0 Å². The molecule has 0 unspecified atom stereocenters. The number of hydrogen-bond acceptors (Lipinski definition) is 5. The highest BCUT2D eigenvalue weighted by molar-refractivity contribution is 6.32. The van der Waals surface area contributed by atoms with Gasteiger partial charge in [-0.1, -0.05) is 11.6 Å². The lowest BCUT2D eigenvalue weighted by atomic mass is 10.4. The SMILES string of the molecule is Cc1nn(C)cc1Nc1nc(N)ncc1Cl. The van der Waals surface area contributed by atoms with Gasteiger partial charge in [0, 0.05) is 13.2 Å². The summed E-state index contributed by atoms with van der Waals surface area (Å²) in [5.74, 6) is 0.652. The van der Waals surface area contributed by atoms with Gasteiger partial charge in [0.05, 0.1) is 17.6 Å². The van der Waals surface area contributed by atoms with Crippen molar-refractivity contribution in [3.8, 4) is 0 Å². The Bertz CT molecular complexity index is 521. The molecule has 0 bridgehead atoms. The standard InChI is InChI=1S/C9H11ClN6/c1-5-7(4-16(2)15-5)13-8-6(10)3-12-9(11)14-8/h3-4H,1-2H3,(H3,11,12,13,14). The Morgan fingerprint density at radius 3 is 2.88 bits per heavy atom. The number of nitrogens with two attached hydrogens (primary N) is 1. The van der Waals surface area contributed by atoms with Crippen molar-refractivity contribution in [2.45, 2.75) is 6.92 Å². The van der Waals surface area contributed by atoms with Crippen LogP contribution in [0.25, 0.3) is 0 Å². The average molecular weight is 239 g/mol. The van der Waals surface area contributed by atoms with Crippen molar-refractivity contribution < 1.29 is 0 Å². The summed E-state index contributed by atoms with van der Waals surface area (Å²) in [6.45, 7) is 1.89. The molecule has 0 aromatic carbocycles. The number of aryl methyl sites for hydroxylation is 2. The van der Waals surface area contributed by atoms with Gasteiger partial charge in [0.2, 0.25) is 5.95 Å². The molecular weight excluding hydrogens is 228 g/mol. The van der Waals surface area contributed by atoms with E-state index < -0.39 is 0 Å². The average Bonchev–Trinajstić information content (AvgIpc) is 2.51. The Hall–Kier alpha value is -1.82. The van der Waals surface area contributed by atoms with E-state index in [2.05, 4.69) is 20.4 Å². The first-order chi connectivity index (χ1) is 7.56. The molecule has 2 aromatic heterocycles. The van der Waals surface area contributed by atoms with E-state index >= 15 is 0 Å². The maximum atomic E-state index is 5.93. The van der Waals surface area contributed by atoms with E-state index in [1.807, 2.05) is 20.2 Å². The molecule has 2 heterocycles. The number of nitrogens with zero attached hydrogens (tertiary/aromatic N) is 4. The number of aromatic nitrogens is 4. The first-order valence-corrected chi connectivity index (χ1v) is 4.99. The Morgan fingerprint density at radius 1 is 1.50 bits per heavy atom. The molecule has 0 fully saturated rings. The van der Waals surface area contributed by atoms with Crippen LogP contribution in [0.2, 0.25) is 5.02 Å². The number of halogens is 1. The fourth-order valence-electron chi connectivity index (χ4n) is 1.32. The van der Waals surface area contributed by atoms with E-state index in [9.17, 15) is 0 Å². The quantitative estimate of drug-likeness (QED) is 0.829. The number of nitrogens with one attached hydrogen (secondary N) is 1. The third kappa shape index (κ3) is 2.06. The van der Waals surface area contributed by atoms with Crippen molar-refractivity contribution in [2.24, 2.45) is 7.05 Å². The fraction of sp³-hybridized carbons (Fsp3) is 0.222. The number of rotatable bonds is 2. The van der Waals surface area contributed by atoms with Crippen molar-refractivity contribution in [2.75, 3.05) is 11.1 Å². The third-order valence-corrected chi connectivity index (χ3v) is 2.31. The van der Waals surface area contributed by atoms with Gasteiger partial charge >= 0.3 is 0 Å². The third-order valence-electron chi connectivity index (χ3n) is 2.03. The van der Waals surface area contributed by atoms with Gasteiger partial charge in [-0.25, -0.2) is 4.98 Å². The fourth-order valence-corrected chi connectivity index (χ4v) is 1.46. The first kappa shape index (κ1) is 10.7. The Kier molecular flexibility index (Phi) is 2.66. The first-order valence-electron chi connectivity index (χ1n) is 4.61. The predicted octanol–water partition coefficient (Wildman–Crippen LogP) is 1.50. The molecule has 7 heteroatoms. The van der Waals surface area contributed by atoms with Gasteiger partial charge in [-0.05, 0) is 6.92 Å². The lowest BCUT2D eigenvalue weighted by Crippen LogP contribution is -2.00. The highest BCUT2D eigenvalue weighted by atomic mass is 35.5. The molecular formula is C9H11ClN6. The minimum Gasteiger partial charge on any atom is -0.368 e. The maximum Gasteiger partial charge on any atom is 0.222 e. The van der Waals surface area contributed by atoms with Crippen LogP contribution in [-0.2, 0) is 7.05 Å². The summed E-state index contributed by atoms with van der Waals surface area (Å²) < 4.78 is 1.70. The van der Waals surface area contributed by atoms with Crippen LogP contribution in [0.4, 0.5) is 17.5 Å². The summed E-state index contributed by atoms with van der Waals surface area (Å²) in [5.41, 5.74) is 7.18. The van der Waals surface area contributed by atoms with Crippen LogP contribution in [0.1, 0.15) is 5.69 Å². The zero-order valence-corrected chi connectivity index (χ0v) is 9.65. The van der Waals surface area contributed by atoms with E-state index in [4.69, 9.17) is 17.3 Å². The summed E-state index contributed by atoms with van der Waals surface area (Å²) >= 11 is 5.93. The molecule has 0 aliphatic carbocycles. The number of nitrogen functional groups attached to an aromatic ring is 1. The monoisotopic (exact) mass is 238 g/mol. The molecule has 0 saturated carbocycles. The molecule has 84 valence electrons. The molecule has 16 heavy (non-hydrogen) atoms. The molecule has 6 nitrogen and oxygen atoms in total. The minimum absolute atomic E-state index is 0.174. The second-order valence-electron chi connectivity index (χ2n) is 3.35. The second kappa shape index (κ2) is 3.97. The molecule has 0 saturated heterocycles. The van der Waals surface area contributed by atoms with Crippen molar-refractivity contribution in [1.29, 1.82) is 0 Å². The Labute approximate surface area is 97.5 Å². The molecule has 0 aliphatic rings. The van der Waals surface area contributed by atoms with Crippen LogP contribution in [0.5, 0.6) is 0 Å². The van der Waals surface area contributed by atoms with E-state index in [1.165, 1.54) is 6.20 Å². The molecule has 0 aliphatic heterocycles. The van der Waals surface area contributed by atoms with Crippen LogP contribution >= 0.6 is 11.6 Å². The van der Waals surface area contributed by atoms with Crippen molar-refractivity contribution in [3.05, 3.63) is 23.1 Å². The smallest absolute Gasteiger partial charge is 0.222 e. The predicted molar refractivity (Wildman–Crippen MR) is 62.7 cm³/mol. The molecule has 0 radical (unpaired) electrons. The Balaban J connectivity index is 2.33. The summed E-state index contributed by atoms with van der Waals surface area (Å²) in [6.07, 6.45) is 3.29. The molecule has 0 atom stereocenters. The molecule has 3 N–H and O–H groups in total.